The van der Waals surface area contributed by atoms with Crippen molar-refractivity contribution < 1.29 is 4.79 Å². The molecule has 0 aromatic heterocycles. The molecule has 21 heavy (non-hydrogen) atoms. The zero-order valence-electron chi connectivity index (χ0n) is 12.8. The third kappa shape index (κ3) is 2.80. The number of hydrogen-bond acceptors (Lipinski definition) is 2. The SMILES string of the molecule is Cc1cc(C)c(C(=O)N(C)c2ccccc2C#N)c(C)c1. The second-order valence-corrected chi connectivity index (χ2v) is 5.27. The van der Waals surface area contributed by atoms with Crippen molar-refractivity contribution in [2.45, 2.75) is 20.8 Å². The van der Waals surface area contributed by atoms with Gasteiger partial charge in [0, 0.05) is 12.6 Å². The molecule has 2 rings (SSSR count). The van der Waals surface area contributed by atoms with Crippen molar-refractivity contribution in [2.24, 2.45) is 0 Å². The van der Waals surface area contributed by atoms with Crippen LogP contribution in [0.1, 0.15) is 32.6 Å². The highest BCUT2D eigenvalue weighted by atomic mass is 16.2. The second-order valence-electron chi connectivity index (χ2n) is 5.27. The summed E-state index contributed by atoms with van der Waals surface area (Å²) in [5, 5.41) is 9.18. The molecule has 0 N–H and O–H groups in total. The maximum Gasteiger partial charge on any atom is 0.258 e. The van der Waals surface area contributed by atoms with Crippen molar-refractivity contribution in [3.8, 4) is 6.07 Å². The summed E-state index contributed by atoms with van der Waals surface area (Å²) in [6, 6.07) is 13.3. The molecular weight excluding hydrogens is 260 g/mol. The van der Waals surface area contributed by atoms with E-state index in [9.17, 15) is 10.1 Å². The summed E-state index contributed by atoms with van der Waals surface area (Å²) >= 11 is 0. The van der Waals surface area contributed by atoms with Crippen LogP contribution in [0.3, 0.4) is 0 Å². The average Bonchev–Trinajstić information content (AvgIpc) is 2.45. The van der Waals surface area contributed by atoms with Crippen LogP contribution in [0.5, 0.6) is 0 Å². The molecule has 0 aliphatic carbocycles. The molecule has 0 saturated heterocycles. The third-order valence-corrected chi connectivity index (χ3v) is 3.58. The third-order valence-electron chi connectivity index (χ3n) is 3.58. The molecule has 0 fully saturated rings. The van der Waals surface area contributed by atoms with Gasteiger partial charge >= 0.3 is 0 Å². The van der Waals surface area contributed by atoms with E-state index in [0.29, 0.717) is 16.8 Å². The largest absolute Gasteiger partial charge is 0.310 e. The molecule has 2 aromatic carbocycles. The molecule has 0 spiro atoms. The lowest BCUT2D eigenvalue weighted by atomic mass is 9.98. The molecule has 3 heteroatoms. The van der Waals surface area contributed by atoms with Crippen LogP contribution in [0.4, 0.5) is 5.69 Å². The number of aryl methyl sites for hydroxylation is 3. The van der Waals surface area contributed by atoms with Crippen LogP contribution in [-0.2, 0) is 0 Å². The molecule has 0 aliphatic rings. The minimum Gasteiger partial charge on any atom is -0.310 e. The van der Waals surface area contributed by atoms with Crippen LogP contribution in [0, 0.1) is 32.1 Å². The van der Waals surface area contributed by atoms with E-state index in [0.717, 1.165) is 16.7 Å². The number of para-hydroxylation sites is 1. The summed E-state index contributed by atoms with van der Waals surface area (Å²) in [5.74, 6) is -0.0901. The van der Waals surface area contributed by atoms with Gasteiger partial charge in [-0.15, -0.1) is 0 Å². The Labute approximate surface area is 125 Å². The molecule has 0 aliphatic heterocycles. The molecule has 0 atom stereocenters. The standard InChI is InChI=1S/C18H18N2O/c1-12-9-13(2)17(14(3)10-12)18(21)20(4)16-8-6-5-7-15(16)11-19/h5-10H,1-4H3. The Balaban J connectivity index is 2.48. The zero-order chi connectivity index (χ0) is 15.6. The van der Waals surface area contributed by atoms with Crippen molar-refractivity contribution in [3.05, 3.63) is 64.2 Å². The van der Waals surface area contributed by atoms with E-state index >= 15 is 0 Å². The molecule has 106 valence electrons. The maximum atomic E-state index is 12.8. The fourth-order valence-corrected chi connectivity index (χ4v) is 2.66. The Morgan fingerprint density at radius 2 is 1.67 bits per heavy atom. The first kappa shape index (κ1) is 14.8. The molecular formula is C18H18N2O. The molecule has 3 nitrogen and oxygen atoms in total. The maximum absolute atomic E-state index is 12.8. The number of hydrogen-bond donors (Lipinski definition) is 0. The van der Waals surface area contributed by atoms with Crippen LogP contribution >= 0.6 is 0 Å². The predicted molar refractivity (Wildman–Crippen MR) is 84.5 cm³/mol. The van der Waals surface area contributed by atoms with E-state index in [1.165, 1.54) is 0 Å². The first-order valence-electron chi connectivity index (χ1n) is 6.80. The van der Waals surface area contributed by atoms with Crippen LogP contribution in [0.25, 0.3) is 0 Å². The Hall–Kier alpha value is -2.60. The number of anilines is 1. The lowest BCUT2D eigenvalue weighted by Gasteiger charge is -2.21. The summed E-state index contributed by atoms with van der Waals surface area (Å²) in [6.45, 7) is 5.90. The minimum absolute atomic E-state index is 0.0901. The summed E-state index contributed by atoms with van der Waals surface area (Å²) in [5.41, 5.74) is 4.88. The summed E-state index contributed by atoms with van der Waals surface area (Å²) < 4.78 is 0. The van der Waals surface area contributed by atoms with E-state index < -0.39 is 0 Å². The highest BCUT2D eigenvalue weighted by molar-refractivity contribution is 6.08. The van der Waals surface area contributed by atoms with E-state index in [-0.39, 0.29) is 5.91 Å². The number of rotatable bonds is 2. The molecule has 0 heterocycles. The Morgan fingerprint density at radius 3 is 2.24 bits per heavy atom. The average molecular weight is 278 g/mol. The van der Waals surface area contributed by atoms with Crippen LogP contribution in [0.15, 0.2) is 36.4 Å². The zero-order valence-corrected chi connectivity index (χ0v) is 12.8. The van der Waals surface area contributed by atoms with Gasteiger partial charge in [0.1, 0.15) is 6.07 Å². The van der Waals surface area contributed by atoms with Gasteiger partial charge in [-0.2, -0.15) is 5.26 Å². The molecule has 0 saturated carbocycles. The van der Waals surface area contributed by atoms with Gasteiger partial charge < -0.3 is 4.90 Å². The topological polar surface area (TPSA) is 44.1 Å². The van der Waals surface area contributed by atoms with Gasteiger partial charge in [-0.3, -0.25) is 4.79 Å². The van der Waals surface area contributed by atoms with Crippen molar-refractivity contribution in [3.63, 3.8) is 0 Å². The van der Waals surface area contributed by atoms with Crippen LogP contribution < -0.4 is 4.90 Å². The van der Waals surface area contributed by atoms with Crippen molar-refractivity contribution in [1.29, 1.82) is 5.26 Å². The monoisotopic (exact) mass is 278 g/mol. The molecule has 0 radical (unpaired) electrons. The van der Waals surface area contributed by atoms with Crippen molar-refractivity contribution in [1.82, 2.24) is 0 Å². The highest BCUT2D eigenvalue weighted by Crippen LogP contribution is 2.23. The van der Waals surface area contributed by atoms with Gasteiger partial charge in [0.2, 0.25) is 0 Å². The van der Waals surface area contributed by atoms with Crippen molar-refractivity contribution >= 4 is 11.6 Å². The Kier molecular flexibility index (Phi) is 4.09. The lowest BCUT2D eigenvalue weighted by Crippen LogP contribution is -2.28. The summed E-state index contributed by atoms with van der Waals surface area (Å²) in [4.78, 5) is 14.3. The summed E-state index contributed by atoms with van der Waals surface area (Å²) in [7, 11) is 1.71. The number of amides is 1. The number of nitriles is 1. The number of nitrogens with zero attached hydrogens (tertiary/aromatic N) is 2. The van der Waals surface area contributed by atoms with Gasteiger partial charge in [0.25, 0.3) is 5.91 Å². The minimum atomic E-state index is -0.0901. The van der Waals surface area contributed by atoms with E-state index in [4.69, 9.17) is 0 Å². The Bertz CT molecular complexity index is 718. The first-order valence-corrected chi connectivity index (χ1v) is 6.80. The molecule has 2 aromatic rings. The predicted octanol–water partition coefficient (Wildman–Crippen LogP) is 3.76. The quantitative estimate of drug-likeness (QED) is 0.839. The molecule has 0 unspecified atom stereocenters. The normalized spacial score (nSPS) is 10.0. The van der Waals surface area contributed by atoms with Crippen LogP contribution in [-0.4, -0.2) is 13.0 Å². The number of benzene rings is 2. The van der Waals surface area contributed by atoms with Gasteiger partial charge in [0.15, 0.2) is 0 Å². The van der Waals surface area contributed by atoms with E-state index in [2.05, 4.69) is 6.07 Å². The Morgan fingerprint density at radius 1 is 1.10 bits per heavy atom. The fraction of sp³-hybridized carbons (Fsp3) is 0.222. The second kappa shape index (κ2) is 5.80. The first-order chi connectivity index (χ1) is 9.95. The van der Waals surface area contributed by atoms with Gasteiger partial charge in [-0.25, -0.2) is 0 Å². The number of carbonyl (C=O) groups is 1. The fourth-order valence-electron chi connectivity index (χ4n) is 2.66. The van der Waals surface area contributed by atoms with Crippen LogP contribution in [0.2, 0.25) is 0 Å². The van der Waals surface area contributed by atoms with E-state index in [1.54, 1.807) is 30.1 Å². The number of carbonyl (C=O) groups excluding carboxylic acids is 1. The molecule has 0 bridgehead atoms. The van der Waals surface area contributed by atoms with Gasteiger partial charge in [-0.1, -0.05) is 29.8 Å². The highest BCUT2D eigenvalue weighted by Gasteiger charge is 2.19. The van der Waals surface area contributed by atoms with E-state index in [1.807, 2.05) is 39.0 Å². The summed E-state index contributed by atoms with van der Waals surface area (Å²) in [6.07, 6.45) is 0. The van der Waals surface area contributed by atoms with Gasteiger partial charge in [0.05, 0.1) is 11.3 Å². The lowest BCUT2D eigenvalue weighted by molar-refractivity contribution is 0.0992. The van der Waals surface area contributed by atoms with Crippen molar-refractivity contribution in [2.75, 3.05) is 11.9 Å². The smallest absolute Gasteiger partial charge is 0.258 e. The molecule has 1 amide bonds. The van der Waals surface area contributed by atoms with Gasteiger partial charge in [-0.05, 0) is 44.0 Å².